The molecular weight excluding hydrogens is 351 g/mol. The minimum atomic E-state index is -4.12. The van der Waals surface area contributed by atoms with Crippen molar-refractivity contribution in [2.24, 2.45) is 0 Å². The lowest BCUT2D eigenvalue weighted by Crippen LogP contribution is -2.12. The lowest BCUT2D eigenvalue weighted by molar-refractivity contribution is 0.0335. The van der Waals surface area contributed by atoms with E-state index >= 15 is 0 Å². The van der Waals surface area contributed by atoms with Crippen LogP contribution in [0.5, 0.6) is 0 Å². The molecule has 0 aromatic heterocycles. The van der Waals surface area contributed by atoms with E-state index in [2.05, 4.69) is 0 Å². The first-order chi connectivity index (χ1) is 9.27. The van der Waals surface area contributed by atoms with Gasteiger partial charge in [0.1, 0.15) is 11.5 Å². The molecule has 0 aliphatic carbocycles. The molecule has 0 atom stereocenters. The maximum atomic E-state index is 11.8. The Balaban J connectivity index is 3.01. The van der Waals surface area contributed by atoms with Crippen molar-refractivity contribution in [3.05, 3.63) is 27.7 Å². The van der Waals surface area contributed by atoms with Crippen LogP contribution in [0.4, 0.5) is 0 Å². The number of carbonyl (C=O) groups excluding carboxylic acids is 1. The Labute approximate surface area is 131 Å². The molecule has 9 heteroatoms. The molecule has 0 unspecified atom stereocenters. The smallest absolute Gasteiger partial charge is 0.339 e. The monoisotopic (exact) mass is 360 g/mol. The van der Waals surface area contributed by atoms with E-state index in [1.165, 1.54) is 6.07 Å². The molecule has 20 heavy (non-hydrogen) atoms. The Bertz CT molecular complexity index is 600. The van der Waals surface area contributed by atoms with Crippen molar-refractivity contribution >= 4 is 48.9 Å². The first-order valence-electron chi connectivity index (χ1n) is 5.46. The van der Waals surface area contributed by atoms with Crippen LogP contribution >= 0.6 is 33.9 Å². The normalized spacial score (nSPS) is 11.4. The standard InChI is InChI=1S/C11H11Cl3O5S/c1-2-18-3-4-19-11(15)8-5-7(12)6-9(10(8)13)20(14,16)17/h5-6H,2-4H2,1H3. The van der Waals surface area contributed by atoms with E-state index in [9.17, 15) is 13.2 Å². The highest BCUT2D eigenvalue weighted by atomic mass is 35.7. The number of halogens is 3. The van der Waals surface area contributed by atoms with Gasteiger partial charge in [0.05, 0.1) is 17.2 Å². The van der Waals surface area contributed by atoms with Gasteiger partial charge < -0.3 is 9.47 Å². The molecular formula is C11H11Cl3O5S. The van der Waals surface area contributed by atoms with Crippen molar-refractivity contribution in [3.63, 3.8) is 0 Å². The van der Waals surface area contributed by atoms with E-state index in [0.29, 0.717) is 6.61 Å². The molecule has 0 heterocycles. The SMILES string of the molecule is CCOCCOC(=O)c1cc(Cl)cc(S(=O)(=O)Cl)c1Cl. The van der Waals surface area contributed by atoms with Gasteiger partial charge in [-0.2, -0.15) is 0 Å². The molecule has 0 amide bonds. The number of carbonyl (C=O) groups is 1. The van der Waals surface area contributed by atoms with Gasteiger partial charge >= 0.3 is 5.97 Å². The van der Waals surface area contributed by atoms with Crippen LogP contribution in [-0.4, -0.2) is 34.2 Å². The molecule has 1 aromatic rings. The second-order valence-electron chi connectivity index (χ2n) is 3.54. The molecule has 112 valence electrons. The van der Waals surface area contributed by atoms with Crippen molar-refractivity contribution < 1.29 is 22.7 Å². The summed E-state index contributed by atoms with van der Waals surface area (Å²) in [7, 11) is 1.10. The summed E-state index contributed by atoms with van der Waals surface area (Å²) in [6.45, 7) is 2.52. The van der Waals surface area contributed by atoms with Gasteiger partial charge in [0, 0.05) is 22.3 Å². The lowest BCUT2D eigenvalue weighted by Gasteiger charge is -2.09. The summed E-state index contributed by atoms with van der Waals surface area (Å²) in [6, 6.07) is 2.27. The molecule has 0 spiro atoms. The highest BCUT2D eigenvalue weighted by Crippen LogP contribution is 2.31. The first kappa shape index (κ1) is 17.5. The highest BCUT2D eigenvalue weighted by Gasteiger charge is 2.23. The Hall–Kier alpha value is -0.530. The van der Waals surface area contributed by atoms with Gasteiger partial charge in [-0.25, -0.2) is 13.2 Å². The second kappa shape index (κ2) is 7.47. The van der Waals surface area contributed by atoms with Crippen LogP contribution in [0.2, 0.25) is 10.0 Å². The average molecular weight is 362 g/mol. The van der Waals surface area contributed by atoms with Gasteiger partial charge in [-0.05, 0) is 19.1 Å². The molecule has 0 radical (unpaired) electrons. The fourth-order valence-electron chi connectivity index (χ4n) is 1.31. The molecule has 5 nitrogen and oxygen atoms in total. The molecule has 0 saturated carbocycles. The van der Waals surface area contributed by atoms with E-state index in [1.807, 2.05) is 0 Å². The summed E-state index contributed by atoms with van der Waals surface area (Å²) >= 11 is 11.6. The number of rotatable bonds is 6. The number of ether oxygens (including phenoxy) is 2. The van der Waals surface area contributed by atoms with Crippen LogP contribution < -0.4 is 0 Å². The van der Waals surface area contributed by atoms with Crippen LogP contribution in [-0.2, 0) is 18.5 Å². The van der Waals surface area contributed by atoms with Crippen LogP contribution in [0.1, 0.15) is 17.3 Å². The van der Waals surface area contributed by atoms with Crippen LogP contribution in [0.15, 0.2) is 17.0 Å². The third-order valence-corrected chi connectivity index (χ3v) is 4.24. The minimum absolute atomic E-state index is 0.00498. The Kier molecular flexibility index (Phi) is 6.54. The van der Waals surface area contributed by atoms with E-state index in [0.717, 1.165) is 6.07 Å². The van der Waals surface area contributed by atoms with Gasteiger partial charge in [-0.3, -0.25) is 0 Å². The van der Waals surface area contributed by atoms with Gasteiger partial charge in [0.25, 0.3) is 9.05 Å². The third-order valence-electron chi connectivity index (χ3n) is 2.15. The molecule has 0 aliphatic heterocycles. The predicted molar refractivity (Wildman–Crippen MR) is 76.3 cm³/mol. The summed E-state index contributed by atoms with van der Waals surface area (Å²) < 4.78 is 32.5. The Morgan fingerprint density at radius 3 is 2.45 bits per heavy atom. The number of hydrogen-bond acceptors (Lipinski definition) is 5. The molecule has 1 aromatic carbocycles. The van der Waals surface area contributed by atoms with Crippen molar-refractivity contribution in [3.8, 4) is 0 Å². The average Bonchev–Trinajstić information content (AvgIpc) is 2.35. The quantitative estimate of drug-likeness (QED) is 0.442. The van der Waals surface area contributed by atoms with Crippen LogP contribution in [0, 0.1) is 0 Å². The Morgan fingerprint density at radius 1 is 1.25 bits per heavy atom. The lowest BCUT2D eigenvalue weighted by atomic mass is 10.2. The van der Waals surface area contributed by atoms with Crippen LogP contribution in [0.25, 0.3) is 0 Å². The third kappa shape index (κ3) is 4.79. The van der Waals surface area contributed by atoms with E-state index in [4.69, 9.17) is 43.4 Å². The molecule has 0 saturated heterocycles. The van der Waals surface area contributed by atoms with E-state index in [1.54, 1.807) is 6.92 Å². The summed E-state index contributed by atoms with van der Waals surface area (Å²) in [5, 5.41) is -0.323. The molecule has 0 bridgehead atoms. The van der Waals surface area contributed by atoms with Gasteiger partial charge in [-0.15, -0.1) is 0 Å². The molecule has 0 N–H and O–H groups in total. The summed E-state index contributed by atoms with van der Waals surface area (Å²) in [6.07, 6.45) is 0. The zero-order chi connectivity index (χ0) is 15.3. The molecule has 1 rings (SSSR count). The van der Waals surface area contributed by atoms with Gasteiger partial charge in [0.2, 0.25) is 0 Å². The zero-order valence-electron chi connectivity index (χ0n) is 10.4. The fourth-order valence-corrected chi connectivity index (χ4v) is 3.15. The Morgan fingerprint density at radius 2 is 1.90 bits per heavy atom. The maximum absolute atomic E-state index is 11.8. The van der Waals surface area contributed by atoms with Crippen molar-refractivity contribution in [1.82, 2.24) is 0 Å². The van der Waals surface area contributed by atoms with E-state index in [-0.39, 0.29) is 28.8 Å². The fraction of sp³-hybridized carbons (Fsp3) is 0.364. The zero-order valence-corrected chi connectivity index (χ0v) is 13.4. The summed E-state index contributed by atoms with van der Waals surface area (Å²) in [5.41, 5.74) is -0.171. The largest absolute Gasteiger partial charge is 0.460 e. The minimum Gasteiger partial charge on any atom is -0.460 e. The van der Waals surface area contributed by atoms with E-state index < -0.39 is 19.9 Å². The van der Waals surface area contributed by atoms with Crippen molar-refractivity contribution in [1.29, 1.82) is 0 Å². The number of benzene rings is 1. The summed E-state index contributed by atoms with van der Waals surface area (Å²) in [4.78, 5) is 11.4. The first-order valence-corrected chi connectivity index (χ1v) is 8.52. The number of hydrogen-bond donors (Lipinski definition) is 0. The van der Waals surface area contributed by atoms with Gasteiger partial charge in [-0.1, -0.05) is 23.2 Å². The molecule has 0 fully saturated rings. The van der Waals surface area contributed by atoms with Crippen LogP contribution in [0.3, 0.4) is 0 Å². The van der Waals surface area contributed by atoms with Crippen molar-refractivity contribution in [2.75, 3.05) is 19.8 Å². The predicted octanol–water partition coefficient (Wildman–Crippen LogP) is 3.11. The maximum Gasteiger partial charge on any atom is 0.339 e. The topological polar surface area (TPSA) is 69.7 Å². The molecule has 0 aliphatic rings. The van der Waals surface area contributed by atoms with Gasteiger partial charge in [0.15, 0.2) is 0 Å². The number of esters is 1. The highest BCUT2D eigenvalue weighted by molar-refractivity contribution is 8.13. The van der Waals surface area contributed by atoms with Crippen molar-refractivity contribution in [2.45, 2.75) is 11.8 Å². The second-order valence-corrected chi connectivity index (χ2v) is 6.88. The summed E-state index contributed by atoms with van der Waals surface area (Å²) in [5.74, 6) is -0.807.